The third-order valence-corrected chi connectivity index (χ3v) is 3.95. The third kappa shape index (κ3) is 4.04. The normalized spacial score (nSPS) is 10.2. The van der Waals surface area contributed by atoms with Crippen molar-refractivity contribution >= 4 is 33.2 Å². The van der Waals surface area contributed by atoms with Crippen LogP contribution in [0.1, 0.15) is 29.4 Å². The van der Waals surface area contributed by atoms with E-state index in [2.05, 4.69) is 38.5 Å². The lowest BCUT2D eigenvalue weighted by Crippen LogP contribution is -2.15. The Balaban J connectivity index is 2.15. The van der Waals surface area contributed by atoms with Crippen LogP contribution in [0, 0.1) is 6.92 Å². The van der Waals surface area contributed by atoms with Crippen molar-refractivity contribution in [2.75, 3.05) is 17.2 Å². The summed E-state index contributed by atoms with van der Waals surface area (Å²) in [5, 5.41) is 6.14. The van der Waals surface area contributed by atoms with E-state index in [9.17, 15) is 4.79 Å². The maximum absolute atomic E-state index is 12.3. The summed E-state index contributed by atoms with van der Waals surface area (Å²) >= 11 is 3.46. The molecule has 0 aliphatic rings. The first-order valence-corrected chi connectivity index (χ1v) is 7.67. The highest BCUT2D eigenvalue weighted by Crippen LogP contribution is 2.24. The highest BCUT2D eigenvalue weighted by atomic mass is 79.9. The summed E-state index contributed by atoms with van der Waals surface area (Å²) in [6.07, 6.45) is 2.67. The molecular formula is C16H18BrN3O. The van der Waals surface area contributed by atoms with E-state index in [1.807, 2.05) is 31.2 Å². The molecule has 1 heterocycles. The summed E-state index contributed by atoms with van der Waals surface area (Å²) in [6, 6.07) is 9.32. The molecule has 1 amide bonds. The fraction of sp³-hybridized carbons (Fsp3) is 0.250. The minimum atomic E-state index is -0.212. The minimum Gasteiger partial charge on any atom is -0.385 e. The number of halogens is 1. The maximum atomic E-state index is 12.3. The Hall–Kier alpha value is -1.88. The van der Waals surface area contributed by atoms with Crippen LogP contribution in [0.25, 0.3) is 0 Å². The summed E-state index contributed by atoms with van der Waals surface area (Å²) in [6.45, 7) is 4.92. The van der Waals surface area contributed by atoms with Crippen molar-refractivity contribution < 1.29 is 4.79 Å². The zero-order valence-electron chi connectivity index (χ0n) is 12.1. The van der Waals surface area contributed by atoms with E-state index in [1.54, 1.807) is 12.3 Å². The molecule has 0 saturated carbocycles. The topological polar surface area (TPSA) is 54.0 Å². The summed E-state index contributed by atoms with van der Waals surface area (Å²) in [5.41, 5.74) is 3.08. The van der Waals surface area contributed by atoms with Gasteiger partial charge in [0.25, 0.3) is 5.91 Å². The molecule has 21 heavy (non-hydrogen) atoms. The molecule has 0 fully saturated rings. The Bertz CT molecular complexity index is 643. The first-order valence-electron chi connectivity index (χ1n) is 6.88. The predicted octanol–water partition coefficient (Wildman–Crippen LogP) is 4.23. The van der Waals surface area contributed by atoms with Crippen LogP contribution in [-0.2, 0) is 0 Å². The lowest BCUT2D eigenvalue weighted by atomic mass is 10.2. The monoisotopic (exact) mass is 347 g/mol. The zero-order chi connectivity index (χ0) is 15.2. The molecule has 2 N–H and O–H groups in total. The molecule has 0 saturated heterocycles. The van der Waals surface area contributed by atoms with Gasteiger partial charge in [-0.3, -0.25) is 9.78 Å². The molecule has 0 spiro atoms. The van der Waals surface area contributed by atoms with Gasteiger partial charge in [-0.1, -0.05) is 28.9 Å². The number of amides is 1. The average Bonchev–Trinajstić information content (AvgIpc) is 2.50. The number of nitrogens with one attached hydrogen (secondary N) is 2. The van der Waals surface area contributed by atoms with Crippen LogP contribution in [-0.4, -0.2) is 17.4 Å². The number of aromatic nitrogens is 1. The summed E-state index contributed by atoms with van der Waals surface area (Å²) in [7, 11) is 0. The zero-order valence-corrected chi connectivity index (χ0v) is 13.7. The van der Waals surface area contributed by atoms with Crippen LogP contribution in [0.3, 0.4) is 0 Å². The van der Waals surface area contributed by atoms with Crippen molar-refractivity contribution in [3.8, 4) is 0 Å². The summed E-state index contributed by atoms with van der Waals surface area (Å²) in [5.74, 6) is -0.212. The molecule has 0 aliphatic carbocycles. The highest BCUT2D eigenvalue weighted by molar-refractivity contribution is 9.10. The molecule has 2 aromatic rings. The van der Waals surface area contributed by atoms with Crippen molar-refractivity contribution in [1.29, 1.82) is 0 Å². The fourth-order valence-electron chi connectivity index (χ4n) is 1.86. The minimum absolute atomic E-state index is 0.212. The molecule has 0 aliphatic heterocycles. The average molecular weight is 348 g/mol. The van der Waals surface area contributed by atoms with Gasteiger partial charge in [0.15, 0.2) is 0 Å². The molecule has 110 valence electrons. The molecule has 0 unspecified atom stereocenters. The molecule has 0 atom stereocenters. The van der Waals surface area contributed by atoms with E-state index in [4.69, 9.17) is 0 Å². The van der Waals surface area contributed by atoms with Crippen LogP contribution in [0.5, 0.6) is 0 Å². The van der Waals surface area contributed by atoms with E-state index >= 15 is 0 Å². The Labute approximate surface area is 133 Å². The van der Waals surface area contributed by atoms with Crippen molar-refractivity contribution in [3.05, 3.63) is 52.3 Å². The van der Waals surface area contributed by atoms with Crippen LogP contribution < -0.4 is 10.6 Å². The van der Waals surface area contributed by atoms with E-state index < -0.39 is 0 Å². The highest BCUT2D eigenvalue weighted by Gasteiger charge is 2.10. The first-order chi connectivity index (χ1) is 10.1. The molecule has 2 rings (SSSR count). The van der Waals surface area contributed by atoms with Crippen LogP contribution in [0.4, 0.5) is 11.4 Å². The van der Waals surface area contributed by atoms with Gasteiger partial charge in [0.1, 0.15) is 5.69 Å². The molecule has 0 bridgehead atoms. The molecule has 0 radical (unpaired) electrons. The number of rotatable bonds is 5. The number of benzene rings is 1. The van der Waals surface area contributed by atoms with Gasteiger partial charge >= 0.3 is 0 Å². The largest absolute Gasteiger partial charge is 0.385 e. The van der Waals surface area contributed by atoms with Crippen molar-refractivity contribution in [3.63, 3.8) is 0 Å². The van der Waals surface area contributed by atoms with Crippen LogP contribution in [0.2, 0.25) is 0 Å². The number of hydrogen-bond acceptors (Lipinski definition) is 3. The van der Waals surface area contributed by atoms with Gasteiger partial charge in [-0.2, -0.15) is 0 Å². The molecule has 5 heteroatoms. The van der Waals surface area contributed by atoms with E-state index in [-0.39, 0.29) is 5.91 Å². The van der Waals surface area contributed by atoms with E-state index in [1.165, 1.54) is 0 Å². The Morgan fingerprint density at radius 3 is 2.90 bits per heavy atom. The van der Waals surface area contributed by atoms with Gasteiger partial charge in [-0.05, 0) is 43.2 Å². The number of carbonyl (C=O) groups is 1. The van der Waals surface area contributed by atoms with Gasteiger partial charge in [-0.15, -0.1) is 0 Å². The van der Waals surface area contributed by atoms with Crippen LogP contribution in [0.15, 0.2) is 41.0 Å². The van der Waals surface area contributed by atoms with Gasteiger partial charge in [0.2, 0.25) is 0 Å². The van der Waals surface area contributed by atoms with Crippen molar-refractivity contribution in [2.45, 2.75) is 20.3 Å². The van der Waals surface area contributed by atoms with Crippen LogP contribution >= 0.6 is 15.9 Å². The first kappa shape index (κ1) is 15.5. The van der Waals surface area contributed by atoms with Crippen molar-refractivity contribution in [1.82, 2.24) is 4.98 Å². The third-order valence-electron chi connectivity index (χ3n) is 3.09. The molecule has 1 aromatic heterocycles. The Morgan fingerprint density at radius 1 is 1.33 bits per heavy atom. The number of anilines is 2. The predicted molar refractivity (Wildman–Crippen MR) is 89.8 cm³/mol. The maximum Gasteiger partial charge on any atom is 0.274 e. The Morgan fingerprint density at radius 2 is 2.14 bits per heavy atom. The molecular weight excluding hydrogens is 330 g/mol. The van der Waals surface area contributed by atoms with Gasteiger partial charge in [0.05, 0.1) is 0 Å². The Kier molecular flexibility index (Phi) is 5.33. The standard InChI is InChI=1S/C16H18BrN3O/c1-3-8-18-12-7-9-19-15(10-12)16(21)20-14-6-4-5-13(17)11(14)2/h4-7,9-10H,3,8H2,1-2H3,(H,18,19)(H,20,21). The second kappa shape index (κ2) is 7.22. The fourth-order valence-corrected chi connectivity index (χ4v) is 2.23. The quantitative estimate of drug-likeness (QED) is 0.850. The number of nitrogens with zero attached hydrogens (tertiary/aromatic N) is 1. The second-order valence-electron chi connectivity index (χ2n) is 4.72. The van der Waals surface area contributed by atoms with Crippen molar-refractivity contribution in [2.24, 2.45) is 0 Å². The number of pyridine rings is 1. The lowest BCUT2D eigenvalue weighted by Gasteiger charge is -2.10. The van der Waals surface area contributed by atoms with Gasteiger partial charge < -0.3 is 10.6 Å². The summed E-state index contributed by atoms with van der Waals surface area (Å²) < 4.78 is 0.964. The van der Waals surface area contributed by atoms with E-state index in [0.717, 1.165) is 34.4 Å². The second-order valence-corrected chi connectivity index (χ2v) is 5.58. The number of hydrogen-bond donors (Lipinski definition) is 2. The van der Waals surface area contributed by atoms with Gasteiger partial charge in [-0.25, -0.2) is 0 Å². The number of carbonyl (C=O) groups excluding carboxylic acids is 1. The lowest BCUT2D eigenvalue weighted by molar-refractivity contribution is 0.102. The molecule has 1 aromatic carbocycles. The van der Waals surface area contributed by atoms with E-state index in [0.29, 0.717) is 5.69 Å². The van der Waals surface area contributed by atoms with Gasteiger partial charge in [0, 0.05) is 28.6 Å². The SMILES string of the molecule is CCCNc1ccnc(C(=O)Nc2cccc(Br)c2C)c1. The summed E-state index contributed by atoms with van der Waals surface area (Å²) in [4.78, 5) is 16.4. The molecule has 4 nitrogen and oxygen atoms in total. The smallest absolute Gasteiger partial charge is 0.274 e.